The van der Waals surface area contributed by atoms with Crippen molar-refractivity contribution in [3.05, 3.63) is 17.3 Å². The van der Waals surface area contributed by atoms with Gasteiger partial charge in [-0.3, -0.25) is 4.79 Å². The number of rotatable bonds is 4. The van der Waals surface area contributed by atoms with E-state index in [0.29, 0.717) is 11.6 Å². The van der Waals surface area contributed by atoms with Crippen molar-refractivity contribution >= 4 is 5.91 Å². The molecule has 1 atom stereocenters. The summed E-state index contributed by atoms with van der Waals surface area (Å²) in [7, 11) is 0. The van der Waals surface area contributed by atoms with E-state index in [1.165, 1.54) is 0 Å². The van der Waals surface area contributed by atoms with Crippen molar-refractivity contribution in [2.75, 3.05) is 6.61 Å². The van der Waals surface area contributed by atoms with Gasteiger partial charge in [0.2, 0.25) is 5.76 Å². The lowest BCUT2D eigenvalue weighted by molar-refractivity contribution is 0.0866. The minimum Gasteiger partial charge on any atom is -0.436 e. The number of hydrogen-bond acceptors (Lipinski definition) is 4. The van der Waals surface area contributed by atoms with Crippen LogP contribution in [0.4, 0.5) is 0 Å². The summed E-state index contributed by atoms with van der Waals surface area (Å²) in [5.41, 5.74) is 0.565. The minimum atomic E-state index is -0.328. The number of carbonyl (C=O) groups excluding carboxylic acids is 1. The number of nitrogens with one attached hydrogen (secondary N) is 1. The first-order valence-corrected chi connectivity index (χ1v) is 5.31. The van der Waals surface area contributed by atoms with Gasteiger partial charge in [0.1, 0.15) is 0 Å². The van der Waals surface area contributed by atoms with E-state index in [9.17, 15) is 4.79 Å². The third-order valence-electron chi connectivity index (χ3n) is 2.43. The second-order valence-corrected chi connectivity index (χ2v) is 4.15. The number of hydrogen-bond donors (Lipinski definition) is 2. The van der Waals surface area contributed by atoms with Crippen LogP contribution < -0.4 is 5.32 Å². The standard InChI is InChI=1S/C11H18N2O3/c1-6(2)9(5-14)13-11(15)10-7(3)12-8(4)16-10/h6,9,14H,5H2,1-4H3,(H,13,15). The van der Waals surface area contributed by atoms with E-state index in [0.717, 1.165) is 0 Å². The highest BCUT2D eigenvalue weighted by Gasteiger charge is 2.20. The van der Waals surface area contributed by atoms with Gasteiger partial charge in [0.05, 0.1) is 18.3 Å². The summed E-state index contributed by atoms with van der Waals surface area (Å²) in [6, 6.07) is -0.266. The summed E-state index contributed by atoms with van der Waals surface area (Å²) in [6.45, 7) is 7.18. The normalized spacial score (nSPS) is 12.9. The number of aliphatic hydroxyl groups is 1. The van der Waals surface area contributed by atoms with Crippen LogP contribution in [0.25, 0.3) is 0 Å². The first kappa shape index (κ1) is 12.7. The molecule has 1 rings (SSSR count). The zero-order valence-corrected chi connectivity index (χ0v) is 10.1. The van der Waals surface area contributed by atoms with Crippen LogP contribution in [-0.4, -0.2) is 28.6 Å². The summed E-state index contributed by atoms with van der Waals surface area (Å²) in [5, 5.41) is 11.8. The highest BCUT2D eigenvalue weighted by molar-refractivity contribution is 5.92. The second kappa shape index (κ2) is 5.12. The zero-order chi connectivity index (χ0) is 12.3. The van der Waals surface area contributed by atoms with Gasteiger partial charge in [0.25, 0.3) is 5.91 Å². The molecule has 0 aromatic carbocycles. The van der Waals surface area contributed by atoms with Crippen LogP contribution >= 0.6 is 0 Å². The van der Waals surface area contributed by atoms with E-state index < -0.39 is 0 Å². The molecule has 0 spiro atoms. The summed E-state index contributed by atoms with van der Waals surface area (Å²) < 4.78 is 5.20. The van der Waals surface area contributed by atoms with Crippen molar-refractivity contribution in [2.24, 2.45) is 5.92 Å². The summed E-state index contributed by atoms with van der Waals surface area (Å²) >= 11 is 0. The Hall–Kier alpha value is -1.36. The first-order chi connectivity index (χ1) is 7.45. The van der Waals surface area contributed by atoms with Crippen molar-refractivity contribution < 1.29 is 14.3 Å². The van der Waals surface area contributed by atoms with Gasteiger partial charge in [-0.15, -0.1) is 0 Å². The molecule has 0 fully saturated rings. The van der Waals surface area contributed by atoms with Gasteiger partial charge in [0.15, 0.2) is 5.89 Å². The average molecular weight is 226 g/mol. The van der Waals surface area contributed by atoms with Crippen LogP contribution in [0.2, 0.25) is 0 Å². The molecule has 1 amide bonds. The number of aliphatic hydroxyl groups excluding tert-OH is 1. The Kier molecular flexibility index (Phi) is 4.06. The molecule has 0 aliphatic heterocycles. The van der Waals surface area contributed by atoms with Gasteiger partial charge in [-0.25, -0.2) is 4.98 Å². The van der Waals surface area contributed by atoms with Gasteiger partial charge in [-0.2, -0.15) is 0 Å². The molecule has 0 saturated carbocycles. The Morgan fingerprint density at radius 3 is 2.50 bits per heavy atom. The SMILES string of the molecule is Cc1nc(C)c(C(=O)NC(CO)C(C)C)o1. The molecular weight excluding hydrogens is 208 g/mol. The Bertz CT molecular complexity index is 371. The maximum atomic E-state index is 11.8. The third kappa shape index (κ3) is 2.82. The number of nitrogens with zero attached hydrogens (tertiary/aromatic N) is 1. The Labute approximate surface area is 94.9 Å². The van der Waals surface area contributed by atoms with Gasteiger partial charge >= 0.3 is 0 Å². The zero-order valence-electron chi connectivity index (χ0n) is 10.1. The van der Waals surface area contributed by atoms with E-state index in [2.05, 4.69) is 10.3 Å². The maximum absolute atomic E-state index is 11.8. The molecule has 0 aliphatic carbocycles. The molecule has 16 heavy (non-hydrogen) atoms. The predicted molar refractivity (Wildman–Crippen MR) is 59.2 cm³/mol. The van der Waals surface area contributed by atoms with Crippen molar-refractivity contribution in [1.29, 1.82) is 0 Å². The van der Waals surface area contributed by atoms with Crippen LogP contribution in [0.3, 0.4) is 0 Å². The van der Waals surface area contributed by atoms with E-state index in [1.807, 2.05) is 13.8 Å². The van der Waals surface area contributed by atoms with Crippen LogP contribution in [-0.2, 0) is 0 Å². The molecule has 0 aliphatic rings. The predicted octanol–water partition coefficient (Wildman–Crippen LogP) is 1.04. The van der Waals surface area contributed by atoms with Crippen molar-refractivity contribution in [3.63, 3.8) is 0 Å². The fourth-order valence-corrected chi connectivity index (χ4v) is 1.40. The molecule has 1 aromatic heterocycles. The summed E-state index contributed by atoms with van der Waals surface area (Å²) in [4.78, 5) is 15.8. The van der Waals surface area contributed by atoms with E-state index in [-0.39, 0.29) is 30.2 Å². The third-order valence-corrected chi connectivity index (χ3v) is 2.43. The van der Waals surface area contributed by atoms with Crippen LogP contribution in [0.5, 0.6) is 0 Å². The van der Waals surface area contributed by atoms with Gasteiger partial charge in [0, 0.05) is 6.92 Å². The minimum absolute atomic E-state index is 0.0877. The molecule has 1 heterocycles. The maximum Gasteiger partial charge on any atom is 0.289 e. The molecule has 0 radical (unpaired) electrons. The number of amides is 1. The van der Waals surface area contributed by atoms with E-state index >= 15 is 0 Å². The lowest BCUT2D eigenvalue weighted by Gasteiger charge is -2.19. The molecule has 5 heteroatoms. The Morgan fingerprint density at radius 2 is 2.12 bits per heavy atom. The lowest BCUT2D eigenvalue weighted by atomic mass is 10.1. The molecule has 2 N–H and O–H groups in total. The molecule has 1 aromatic rings. The van der Waals surface area contributed by atoms with Crippen molar-refractivity contribution in [3.8, 4) is 0 Å². The summed E-state index contributed by atoms with van der Waals surface area (Å²) in [6.07, 6.45) is 0. The van der Waals surface area contributed by atoms with Gasteiger partial charge < -0.3 is 14.8 Å². The summed E-state index contributed by atoms with van der Waals surface area (Å²) in [5.74, 6) is 0.522. The number of aryl methyl sites for hydroxylation is 2. The fraction of sp³-hybridized carbons (Fsp3) is 0.636. The van der Waals surface area contributed by atoms with Crippen LogP contribution in [0.15, 0.2) is 4.42 Å². The first-order valence-electron chi connectivity index (χ1n) is 5.31. The Balaban J connectivity index is 2.75. The molecule has 0 saturated heterocycles. The number of oxazole rings is 1. The van der Waals surface area contributed by atoms with Crippen LogP contribution in [0.1, 0.15) is 36.0 Å². The molecule has 0 bridgehead atoms. The molecule has 90 valence electrons. The van der Waals surface area contributed by atoms with E-state index in [1.54, 1.807) is 13.8 Å². The highest BCUT2D eigenvalue weighted by atomic mass is 16.4. The lowest BCUT2D eigenvalue weighted by Crippen LogP contribution is -2.41. The quantitative estimate of drug-likeness (QED) is 0.804. The van der Waals surface area contributed by atoms with Crippen LogP contribution in [0, 0.1) is 19.8 Å². The number of aromatic nitrogens is 1. The molecular formula is C11H18N2O3. The number of carbonyl (C=O) groups is 1. The topological polar surface area (TPSA) is 75.4 Å². The Morgan fingerprint density at radius 1 is 1.50 bits per heavy atom. The fourth-order valence-electron chi connectivity index (χ4n) is 1.40. The highest BCUT2D eigenvalue weighted by Crippen LogP contribution is 2.10. The molecule has 1 unspecified atom stereocenters. The second-order valence-electron chi connectivity index (χ2n) is 4.15. The largest absolute Gasteiger partial charge is 0.436 e. The van der Waals surface area contributed by atoms with Crippen molar-refractivity contribution in [1.82, 2.24) is 10.3 Å². The molecule has 5 nitrogen and oxygen atoms in total. The monoisotopic (exact) mass is 226 g/mol. The smallest absolute Gasteiger partial charge is 0.289 e. The van der Waals surface area contributed by atoms with E-state index in [4.69, 9.17) is 9.52 Å². The van der Waals surface area contributed by atoms with Gasteiger partial charge in [-0.1, -0.05) is 13.8 Å². The van der Waals surface area contributed by atoms with Gasteiger partial charge in [-0.05, 0) is 12.8 Å². The van der Waals surface area contributed by atoms with Crippen molar-refractivity contribution in [2.45, 2.75) is 33.7 Å². The average Bonchev–Trinajstić information content (AvgIpc) is 2.53.